The van der Waals surface area contributed by atoms with Crippen molar-refractivity contribution in [2.24, 2.45) is 0 Å². The van der Waals surface area contributed by atoms with E-state index in [1.807, 2.05) is 13.0 Å². The van der Waals surface area contributed by atoms with Gasteiger partial charge in [0.1, 0.15) is 6.54 Å². The van der Waals surface area contributed by atoms with E-state index in [0.717, 1.165) is 34.0 Å². The summed E-state index contributed by atoms with van der Waals surface area (Å²) in [6.45, 7) is 2.74. The molecule has 0 aliphatic carbocycles. The predicted molar refractivity (Wildman–Crippen MR) is 95.2 cm³/mol. The molecule has 3 rings (SSSR count). The summed E-state index contributed by atoms with van der Waals surface area (Å²) in [6.07, 6.45) is 0.854. The zero-order chi connectivity index (χ0) is 18.0. The Bertz CT molecular complexity index is 892. The second-order valence-corrected chi connectivity index (χ2v) is 7.96. The first kappa shape index (κ1) is 17.4. The van der Waals surface area contributed by atoms with Crippen LogP contribution in [0.3, 0.4) is 0 Å². The minimum absolute atomic E-state index is 0.108. The normalized spacial score (nSPS) is 14.0. The largest absolute Gasteiger partial charge is 0.480 e. The van der Waals surface area contributed by atoms with Gasteiger partial charge in [-0.3, -0.25) is 9.10 Å². The van der Waals surface area contributed by atoms with Gasteiger partial charge in [0.25, 0.3) is 10.0 Å². The Hall–Kier alpha value is -2.38. The highest BCUT2D eigenvalue weighted by Gasteiger charge is 2.28. The van der Waals surface area contributed by atoms with Crippen molar-refractivity contribution in [2.75, 3.05) is 17.4 Å². The van der Waals surface area contributed by atoms with Gasteiger partial charge in [0.2, 0.25) is 0 Å². The molecule has 0 atom stereocenters. The molecule has 0 radical (unpaired) electrons. The van der Waals surface area contributed by atoms with Gasteiger partial charge in [-0.2, -0.15) is 0 Å². The summed E-state index contributed by atoms with van der Waals surface area (Å²) in [5.74, 6) is -1.20. The number of carboxylic acids is 1. The van der Waals surface area contributed by atoms with E-state index in [4.69, 9.17) is 0 Å². The van der Waals surface area contributed by atoms with Crippen molar-refractivity contribution >= 4 is 21.7 Å². The van der Waals surface area contributed by atoms with E-state index in [1.54, 1.807) is 36.4 Å². The van der Waals surface area contributed by atoms with Crippen molar-refractivity contribution in [2.45, 2.75) is 24.8 Å². The monoisotopic (exact) mass is 360 g/mol. The summed E-state index contributed by atoms with van der Waals surface area (Å²) in [6, 6.07) is 11.8. The molecule has 0 saturated heterocycles. The van der Waals surface area contributed by atoms with E-state index in [2.05, 4.69) is 5.32 Å². The molecule has 0 amide bonds. The number of hydrogen-bond acceptors (Lipinski definition) is 4. The lowest BCUT2D eigenvalue weighted by atomic mass is 10.0. The summed E-state index contributed by atoms with van der Waals surface area (Å²) in [5.41, 5.74) is 3.37. The molecule has 2 N–H and O–H groups in total. The highest BCUT2D eigenvalue weighted by atomic mass is 32.2. The Kier molecular flexibility index (Phi) is 4.78. The van der Waals surface area contributed by atoms with Crippen molar-refractivity contribution in [1.29, 1.82) is 0 Å². The molecule has 0 bridgehead atoms. The highest BCUT2D eigenvalue weighted by molar-refractivity contribution is 7.92. The first-order chi connectivity index (χ1) is 11.9. The van der Waals surface area contributed by atoms with E-state index in [-0.39, 0.29) is 4.90 Å². The lowest BCUT2D eigenvalue weighted by Crippen LogP contribution is -2.36. The SMILES string of the molecule is Cc1ccc(N(CC(=O)O)S(=O)(=O)c2ccc3c(c2)CNCC3)cc1. The van der Waals surface area contributed by atoms with Crippen LogP contribution in [0.2, 0.25) is 0 Å². The van der Waals surface area contributed by atoms with Gasteiger partial charge < -0.3 is 10.4 Å². The van der Waals surface area contributed by atoms with Crippen molar-refractivity contribution in [1.82, 2.24) is 5.32 Å². The molecule has 0 spiro atoms. The van der Waals surface area contributed by atoms with Gasteiger partial charge in [0, 0.05) is 6.54 Å². The van der Waals surface area contributed by atoms with Crippen LogP contribution in [0.1, 0.15) is 16.7 Å². The van der Waals surface area contributed by atoms with Gasteiger partial charge in [-0.1, -0.05) is 23.8 Å². The van der Waals surface area contributed by atoms with E-state index in [9.17, 15) is 18.3 Å². The Labute approximate surface area is 147 Å². The lowest BCUT2D eigenvalue weighted by molar-refractivity contribution is -0.135. The molecule has 2 aromatic carbocycles. The average molecular weight is 360 g/mol. The molecule has 0 unspecified atom stereocenters. The van der Waals surface area contributed by atoms with Crippen LogP contribution >= 0.6 is 0 Å². The molecule has 0 aromatic heterocycles. The molecule has 1 heterocycles. The number of fused-ring (bicyclic) bond motifs is 1. The smallest absolute Gasteiger partial charge is 0.324 e. The zero-order valence-electron chi connectivity index (χ0n) is 13.9. The molecule has 132 valence electrons. The van der Waals surface area contributed by atoms with E-state index in [0.29, 0.717) is 12.2 Å². The fourth-order valence-electron chi connectivity index (χ4n) is 2.89. The van der Waals surface area contributed by atoms with Crippen LogP contribution in [0, 0.1) is 6.92 Å². The molecular weight excluding hydrogens is 340 g/mol. The summed E-state index contributed by atoms with van der Waals surface area (Å²) >= 11 is 0. The summed E-state index contributed by atoms with van der Waals surface area (Å²) < 4.78 is 27.1. The lowest BCUT2D eigenvalue weighted by Gasteiger charge is -2.24. The van der Waals surface area contributed by atoms with Crippen molar-refractivity contribution in [3.63, 3.8) is 0 Å². The standard InChI is InChI=1S/C18H20N2O4S/c1-13-2-5-16(6-3-13)20(12-18(21)22)25(23,24)17-7-4-14-8-9-19-11-15(14)10-17/h2-7,10,19H,8-9,11-12H2,1H3,(H,21,22). The molecule has 6 nitrogen and oxygen atoms in total. The van der Waals surface area contributed by atoms with Crippen LogP contribution < -0.4 is 9.62 Å². The fourth-order valence-corrected chi connectivity index (χ4v) is 4.36. The fraction of sp³-hybridized carbons (Fsp3) is 0.278. The highest BCUT2D eigenvalue weighted by Crippen LogP contribution is 2.26. The first-order valence-corrected chi connectivity index (χ1v) is 9.45. The maximum absolute atomic E-state index is 13.1. The molecule has 7 heteroatoms. The molecule has 2 aromatic rings. The third-order valence-electron chi connectivity index (χ3n) is 4.25. The first-order valence-electron chi connectivity index (χ1n) is 8.01. The topological polar surface area (TPSA) is 86.7 Å². The van der Waals surface area contributed by atoms with Gasteiger partial charge in [0.15, 0.2) is 0 Å². The van der Waals surface area contributed by atoms with Gasteiger partial charge >= 0.3 is 5.97 Å². The van der Waals surface area contributed by atoms with Gasteiger partial charge in [0.05, 0.1) is 10.6 Å². The molecular formula is C18H20N2O4S. The number of sulfonamides is 1. The molecule has 1 aliphatic rings. The number of anilines is 1. The summed E-state index contributed by atoms with van der Waals surface area (Å²) in [7, 11) is -3.97. The van der Waals surface area contributed by atoms with Gasteiger partial charge in [-0.25, -0.2) is 8.42 Å². The molecule has 1 aliphatic heterocycles. The number of hydrogen-bond donors (Lipinski definition) is 2. The van der Waals surface area contributed by atoms with E-state index >= 15 is 0 Å². The second-order valence-electron chi connectivity index (χ2n) is 6.10. The van der Waals surface area contributed by atoms with Crippen molar-refractivity contribution < 1.29 is 18.3 Å². The van der Waals surface area contributed by atoms with E-state index < -0.39 is 22.5 Å². The van der Waals surface area contributed by atoms with Crippen molar-refractivity contribution in [3.8, 4) is 0 Å². The summed E-state index contributed by atoms with van der Waals surface area (Å²) in [4.78, 5) is 11.4. The molecule has 25 heavy (non-hydrogen) atoms. The van der Waals surface area contributed by atoms with Crippen LogP contribution in [0.4, 0.5) is 5.69 Å². The zero-order valence-corrected chi connectivity index (χ0v) is 14.7. The Morgan fingerprint density at radius 3 is 2.56 bits per heavy atom. The summed E-state index contributed by atoms with van der Waals surface area (Å²) in [5, 5.41) is 12.4. The minimum Gasteiger partial charge on any atom is -0.480 e. The average Bonchev–Trinajstić information content (AvgIpc) is 2.60. The van der Waals surface area contributed by atoms with Crippen LogP contribution in [-0.4, -0.2) is 32.6 Å². The third-order valence-corrected chi connectivity index (χ3v) is 6.02. The number of nitrogens with one attached hydrogen (secondary N) is 1. The number of nitrogens with zero attached hydrogens (tertiary/aromatic N) is 1. The Balaban J connectivity index is 2.04. The molecule has 0 fully saturated rings. The number of carbonyl (C=O) groups is 1. The maximum Gasteiger partial charge on any atom is 0.324 e. The van der Waals surface area contributed by atoms with Crippen molar-refractivity contribution in [3.05, 3.63) is 59.2 Å². The van der Waals surface area contributed by atoms with Gasteiger partial charge in [-0.15, -0.1) is 0 Å². The maximum atomic E-state index is 13.1. The molecule has 0 saturated carbocycles. The number of aryl methyl sites for hydroxylation is 1. The second kappa shape index (κ2) is 6.85. The number of aliphatic carboxylic acids is 1. The minimum atomic E-state index is -3.97. The number of carboxylic acid groups (broad SMARTS) is 1. The van der Waals surface area contributed by atoms with Crippen LogP contribution in [0.25, 0.3) is 0 Å². The Morgan fingerprint density at radius 1 is 1.16 bits per heavy atom. The Morgan fingerprint density at radius 2 is 1.88 bits per heavy atom. The number of benzene rings is 2. The van der Waals surface area contributed by atoms with Crippen LogP contribution in [-0.2, 0) is 27.8 Å². The van der Waals surface area contributed by atoms with Crippen LogP contribution in [0.5, 0.6) is 0 Å². The van der Waals surface area contributed by atoms with Crippen LogP contribution in [0.15, 0.2) is 47.4 Å². The third kappa shape index (κ3) is 3.67. The van der Waals surface area contributed by atoms with Gasteiger partial charge in [-0.05, 0) is 55.3 Å². The van der Waals surface area contributed by atoms with E-state index in [1.165, 1.54) is 0 Å². The number of rotatable bonds is 5. The quantitative estimate of drug-likeness (QED) is 0.851. The predicted octanol–water partition coefficient (Wildman–Crippen LogP) is 1.92.